The Kier molecular flexibility index (Phi) is 7.43. The zero-order chi connectivity index (χ0) is 22.2. The number of pyridine rings is 1. The Morgan fingerprint density at radius 2 is 1.87 bits per heavy atom. The van der Waals surface area contributed by atoms with Crippen LogP contribution in [0.2, 0.25) is 0 Å². The van der Waals surface area contributed by atoms with E-state index in [0.29, 0.717) is 23.2 Å². The highest BCUT2D eigenvalue weighted by Crippen LogP contribution is 2.26. The number of aryl methyl sites for hydroxylation is 1. The van der Waals surface area contributed by atoms with Crippen molar-refractivity contribution in [1.82, 2.24) is 9.99 Å². The van der Waals surface area contributed by atoms with Crippen LogP contribution in [0.25, 0.3) is 10.9 Å². The number of carbonyl (C=O) groups excluding carboxylic acids is 1. The number of para-hydroxylation sites is 1. The quantitative estimate of drug-likeness (QED) is 0.310. The molecule has 0 saturated heterocycles. The summed E-state index contributed by atoms with van der Waals surface area (Å²) in [4.78, 5) is 25.8. The Balaban J connectivity index is 1.88. The molecule has 0 aliphatic heterocycles. The van der Waals surface area contributed by atoms with Gasteiger partial charge in [0.25, 0.3) is 11.5 Å². The Labute approximate surface area is 181 Å². The molecule has 2 N–H and O–H groups in total. The normalized spacial score (nSPS) is 11.2. The van der Waals surface area contributed by atoms with E-state index in [1.54, 1.807) is 54.1 Å². The van der Waals surface area contributed by atoms with Crippen molar-refractivity contribution in [1.29, 1.82) is 0 Å². The zero-order valence-electron chi connectivity index (χ0n) is 17.8. The van der Waals surface area contributed by atoms with Crippen LogP contribution in [0.4, 0.5) is 0 Å². The summed E-state index contributed by atoms with van der Waals surface area (Å²) in [6.45, 7) is 2.60. The molecule has 0 saturated carbocycles. The first-order chi connectivity index (χ1) is 15.1. The summed E-state index contributed by atoms with van der Waals surface area (Å²) in [6.07, 6.45) is 5.44. The number of amides is 1. The Hall–Kier alpha value is -3.61. The SMILES string of the molecule is CCCCCCn1c(=O)c(C(=O)N/N=C\c2ccc(OC)cc2)c(O)c2ccccc21. The smallest absolute Gasteiger partial charge is 0.280 e. The first-order valence-corrected chi connectivity index (χ1v) is 10.4. The number of aromatic nitrogens is 1. The number of methoxy groups -OCH3 is 1. The molecule has 1 heterocycles. The molecule has 7 nitrogen and oxygen atoms in total. The lowest BCUT2D eigenvalue weighted by molar-refractivity contribution is 0.0950. The third-order valence-corrected chi connectivity index (χ3v) is 5.10. The molecule has 1 amide bonds. The molecule has 3 rings (SSSR count). The molecule has 7 heteroatoms. The maximum Gasteiger partial charge on any atom is 0.280 e. The van der Waals surface area contributed by atoms with Gasteiger partial charge in [-0.15, -0.1) is 0 Å². The number of benzene rings is 2. The first kappa shape index (κ1) is 22.1. The summed E-state index contributed by atoms with van der Waals surface area (Å²) >= 11 is 0. The van der Waals surface area contributed by atoms with Crippen molar-refractivity contribution in [2.45, 2.75) is 39.2 Å². The average Bonchev–Trinajstić information content (AvgIpc) is 2.79. The lowest BCUT2D eigenvalue weighted by Gasteiger charge is -2.14. The van der Waals surface area contributed by atoms with E-state index in [-0.39, 0.29) is 11.3 Å². The van der Waals surface area contributed by atoms with Gasteiger partial charge in [-0.25, -0.2) is 5.43 Å². The lowest BCUT2D eigenvalue weighted by atomic mass is 10.1. The van der Waals surface area contributed by atoms with Crippen LogP contribution in [-0.2, 0) is 6.54 Å². The van der Waals surface area contributed by atoms with Crippen LogP contribution in [-0.4, -0.2) is 28.9 Å². The van der Waals surface area contributed by atoms with E-state index in [1.807, 2.05) is 6.07 Å². The van der Waals surface area contributed by atoms with Crippen LogP contribution in [0.1, 0.15) is 48.5 Å². The third kappa shape index (κ3) is 5.12. The van der Waals surface area contributed by atoms with Gasteiger partial charge in [-0.1, -0.05) is 38.3 Å². The highest BCUT2D eigenvalue weighted by molar-refractivity contribution is 6.02. The fourth-order valence-electron chi connectivity index (χ4n) is 3.42. The number of hydrazone groups is 1. The molecule has 0 fully saturated rings. The highest BCUT2D eigenvalue weighted by atomic mass is 16.5. The minimum atomic E-state index is -0.750. The van der Waals surface area contributed by atoms with E-state index in [2.05, 4.69) is 17.5 Å². The van der Waals surface area contributed by atoms with Crippen molar-refractivity contribution in [2.75, 3.05) is 7.11 Å². The minimum absolute atomic E-state index is 0.305. The van der Waals surface area contributed by atoms with Crippen LogP contribution < -0.4 is 15.7 Å². The molecule has 1 aromatic heterocycles. The zero-order valence-corrected chi connectivity index (χ0v) is 17.8. The number of nitrogens with one attached hydrogen (secondary N) is 1. The number of hydrogen-bond acceptors (Lipinski definition) is 5. The number of ether oxygens (including phenoxy) is 1. The Bertz CT molecular complexity index is 1130. The molecule has 2 aromatic carbocycles. The van der Waals surface area contributed by atoms with E-state index in [9.17, 15) is 14.7 Å². The molecule has 162 valence electrons. The van der Waals surface area contributed by atoms with Crippen LogP contribution in [0.3, 0.4) is 0 Å². The Morgan fingerprint density at radius 3 is 2.58 bits per heavy atom. The largest absolute Gasteiger partial charge is 0.506 e. The maximum atomic E-state index is 13.1. The van der Waals surface area contributed by atoms with Gasteiger partial charge in [-0.3, -0.25) is 9.59 Å². The molecule has 0 atom stereocenters. The van der Waals surface area contributed by atoms with Gasteiger partial charge in [0, 0.05) is 11.9 Å². The van der Waals surface area contributed by atoms with Crippen molar-refractivity contribution in [3.05, 3.63) is 70.0 Å². The summed E-state index contributed by atoms with van der Waals surface area (Å²) < 4.78 is 6.67. The van der Waals surface area contributed by atoms with Crippen molar-refractivity contribution in [3.63, 3.8) is 0 Å². The van der Waals surface area contributed by atoms with Gasteiger partial charge in [0.05, 0.1) is 18.8 Å². The van der Waals surface area contributed by atoms with E-state index >= 15 is 0 Å². The number of nitrogens with zero attached hydrogens (tertiary/aromatic N) is 2. The van der Waals surface area contributed by atoms with Crippen LogP contribution >= 0.6 is 0 Å². The number of carbonyl (C=O) groups is 1. The first-order valence-electron chi connectivity index (χ1n) is 10.4. The summed E-state index contributed by atoms with van der Waals surface area (Å²) in [5.74, 6) is -0.371. The fourth-order valence-corrected chi connectivity index (χ4v) is 3.42. The summed E-state index contributed by atoms with van der Waals surface area (Å²) in [5, 5.41) is 15.1. The summed E-state index contributed by atoms with van der Waals surface area (Å²) in [5.41, 5.74) is 2.88. The van der Waals surface area contributed by atoms with Gasteiger partial charge < -0.3 is 14.4 Å². The van der Waals surface area contributed by atoms with Gasteiger partial charge in [0.2, 0.25) is 0 Å². The monoisotopic (exact) mass is 421 g/mol. The molecule has 3 aromatic rings. The molecular weight excluding hydrogens is 394 g/mol. The van der Waals surface area contributed by atoms with E-state index in [0.717, 1.165) is 31.2 Å². The van der Waals surface area contributed by atoms with Crippen molar-refractivity contribution >= 4 is 23.0 Å². The average molecular weight is 421 g/mol. The fraction of sp³-hybridized carbons (Fsp3) is 0.292. The maximum absolute atomic E-state index is 13.1. The van der Waals surface area contributed by atoms with Gasteiger partial charge in [-0.2, -0.15) is 5.10 Å². The van der Waals surface area contributed by atoms with Gasteiger partial charge in [0.1, 0.15) is 17.1 Å². The second kappa shape index (κ2) is 10.4. The van der Waals surface area contributed by atoms with Crippen LogP contribution in [0.15, 0.2) is 58.4 Å². The molecule has 0 spiro atoms. The van der Waals surface area contributed by atoms with Crippen LogP contribution in [0.5, 0.6) is 11.5 Å². The number of fused-ring (bicyclic) bond motifs is 1. The summed E-state index contributed by atoms with van der Waals surface area (Å²) in [6, 6.07) is 14.2. The number of hydrogen-bond donors (Lipinski definition) is 2. The number of unbranched alkanes of at least 4 members (excludes halogenated alkanes) is 3. The van der Waals surface area contributed by atoms with Gasteiger partial charge in [-0.05, 0) is 48.4 Å². The number of rotatable bonds is 9. The molecule has 0 radical (unpaired) electrons. The third-order valence-electron chi connectivity index (χ3n) is 5.10. The minimum Gasteiger partial charge on any atom is -0.506 e. The topological polar surface area (TPSA) is 92.9 Å². The molecule has 0 unspecified atom stereocenters. The van der Waals surface area contributed by atoms with Gasteiger partial charge in [0.15, 0.2) is 0 Å². The van der Waals surface area contributed by atoms with E-state index in [4.69, 9.17) is 4.74 Å². The summed E-state index contributed by atoms with van der Waals surface area (Å²) in [7, 11) is 1.58. The lowest BCUT2D eigenvalue weighted by Crippen LogP contribution is -2.31. The van der Waals surface area contributed by atoms with Gasteiger partial charge >= 0.3 is 0 Å². The van der Waals surface area contributed by atoms with Crippen molar-refractivity contribution in [2.24, 2.45) is 5.10 Å². The van der Waals surface area contributed by atoms with Crippen molar-refractivity contribution < 1.29 is 14.6 Å². The molecule has 0 aliphatic carbocycles. The standard InChI is InChI=1S/C24H27N3O4/c1-3-4-5-8-15-27-20-10-7-6-9-19(20)22(28)21(24(27)30)23(29)26-25-16-17-11-13-18(31-2)14-12-17/h6-7,9-14,16,28H,3-5,8,15H2,1-2H3,(H,26,29)/b25-16-. The second-order valence-electron chi connectivity index (χ2n) is 7.23. The van der Waals surface area contributed by atoms with Crippen LogP contribution in [0, 0.1) is 0 Å². The molecule has 0 bridgehead atoms. The molecular formula is C24H27N3O4. The predicted octanol–water partition coefficient (Wildman–Crippen LogP) is 4.06. The Morgan fingerprint density at radius 1 is 1.13 bits per heavy atom. The number of aromatic hydroxyl groups is 1. The van der Waals surface area contributed by atoms with E-state index < -0.39 is 11.5 Å². The second-order valence-corrected chi connectivity index (χ2v) is 7.23. The van der Waals surface area contributed by atoms with E-state index in [1.165, 1.54) is 6.21 Å². The van der Waals surface area contributed by atoms with Crippen molar-refractivity contribution in [3.8, 4) is 11.5 Å². The molecule has 31 heavy (non-hydrogen) atoms. The predicted molar refractivity (Wildman–Crippen MR) is 122 cm³/mol. The highest BCUT2D eigenvalue weighted by Gasteiger charge is 2.21. The molecule has 0 aliphatic rings.